The van der Waals surface area contributed by atoms with Crippen LogP contribution in [0.25, 0.3) is 0 Å². The third-order valence-corrected chi connectivity index (χ3v) is 3.90. The summed E-state index contributed by atoms with van der Waals surface area (Å²) in [5.41, 5.74) is 0.726. The van der Waals surface area contributed by atoms with Crippen molar-refractivity contribution in [2.45, 2.75) is 20.0 Å². The summed E-state index contributed by atoms with van der Waals surface area (Å²) >= 11 is 6.00. The van der Waals surface area contributed by atoms with E-state index in [1.54, 1.807) is 19.1 Å². The van der Waals surface area contributed by atoms with Gasteiger partial charge in [-0.3, -0.25) is 4.79 Å². The Morgan fingerprint density at radius 1 is 1.12 bits per heavy atom. The van der Waals surface area contributed by atoms with Crippen LogP contribution >= 0.6 is 11.6 Å². The number of esters is 1. The van der Waals surface area contributed by atoms with Crippen molar-refractivity contribution < 1.29 is 27.8 Å². The Morgan fingerprint density at radius 3 is 2.31 bits per heavy atom. The molecular weight excluding hydrogens is 368 g/mol. The Bertz CT molecular complexity index is 837. The Labute approximate surface area is 153 Å². The molecule has 2 aromatic rings. The van der Waals surface area contributed by atoms with E-state index < -0.39 is 29.6 Å². The van der Waals surface area contributed by atoms with Gasteiger partial charge in [0.2, 0.25) is 0 Å². The first kappa shape index (κ1) is 19.7. The van der Waals surface area contributed by atoms with Gasteiger partial charge in [-0.25, -0.2) is 13.6 Å². The second-order valence-electron chi connectivity index (χ2n) is 5.50. The number of methoxy groups -OCH3 is 1. The van der Waals surface area contributed by atoms with E-state index in [0.717, 1.165) is 12.1 Å². The first-order chi connectivity index (χ1) is 12.2. The zero-order valence-electron chi connectivity index (χ0n) is 14.2. The second kappa shape index (κ2) is 8.14. The fourth-order valence-electron chi connectivity index (χ4n) is 2.12. The largest absolute Gasteiger partial charge is 0.495 e. The summed E-state index contributed by atoms with van der Waals surface area (Å²) in [6, 6.07) is 5.42. The molecule has 1 atom stereocenters. The van der Waals surface area contributed by atoms with Crippen LogP contribution < -0.4 is 10.1 Å². The van der Waals surface area contributed by atoms with E-state index >= 15 is 0 Å². The monoisotopic (exact) mass is 383 g/mol. The number of hydrogen-bond acceptors (Lipinski definition) is 4. The van der Waals surface area contributed by atoms with E-state index in [1.165, 1.54) is 14.0 Å². The number of hydrogen-bond donors (Lipinski definition) is 1. The minimum absolute atomic E-state index is 0.331. The van der Waals surface area contributed by atoms with Gasteiger partial charge in [-0.1, -0.05) is 11.6 Å². The van der Waals surface area contributed by atoms with Crippen molar-refractivity contribution in [1.82, 2.24) is 0 Å². The van der Waals surface area contributed by atoms with Crippen molar-refractivity contribution >= 4 is 29.2 Å². The van der Waals surface area contributed by atoms with Gasteiger partial charge in [0.15, 0.2) is 6.10 Å². The summed E-state index contributed by atoms with van der Waals surface area (Å²) in [5, 5.41) is 3.03. The van der Waals surface area contributed by atoms with Gasteiger partial charge in [0.05, 0.1) is 18.4 Å². The number of carbonyl (C=O) groups excluding carboxylic acids is 2. The fraction of sp³-hybridized carbons (Fsp3) is 0.222. The first-order valence-electron chi connectivity index (χ1n) is 7.53. The lowest BCUT2D eigenvalue weighted by Gasteiger charge is -2.16. The highest BCUT2D eigenvalue weighted by molar-refractivity contribution is 6.31. The molecule has 0 aliphatic carbocycles. The molecule has 5 nitrogen and oxygen atoms in total. The highest BCUT2D eigenvalue weighted by Crippen LogP contribution is 2.31. The van der Waals surface area contributed by atoms with Crippen LogP contribution in [0.2, 0.25) is 5.02 Å². The first-order valence-corrected chi connectivity index (χ1v) is 7.91. The zero-order valence-corrected chi connectivity index (χ0v) is 15.0. The molecule has 0 fully saturated rings. The van der Waals surface area contributed by atoms with E-state index in [9.17, 15) is 18.4 Å². The predicted octanol–water partition coefficient (Wildman–Crippen LogP) is 4.12. The van der Waals surface area contributed by atoms with Gasteiger partial charge in [-0.2, -0.15) is 0 Å². The summed E-state index contributed by atoms with van der Waals surface area (Å²) < 4.78 is 36.5. The lowest BCUT2D eigenvalue weighted by Crippen LogP contribution is -2.30. The number of ether oxygens (including phenoxy) is 2. The summed E-state index contributed by atoms with van der Waals surface area (Å²) in [7, 11) is 1.42. The van der Waals surface area contributed by atoms with Crippen LogP contribution in [-0.4, -0.2) is 25.1 Å². The summed E-state index contributed by atoms with van der Waals surface area (Å²) in [4.78, 5) is 24.2. The predicted molar refractivity (Wildman–Crippen MR) is 92.6 cm³/mol. The average Bonchev–Trinajstić information content (AvgIpc) is 2.56. The SMILES string of the molecule is COc1cc(Cl)c(C)cc1NC(=O)[C@@H](C)OC(=O)c1cc(F)cc(F)c1. The maximum Gasteiger partial charge on any atom is 0.339 e. The molecule has 2 aromatic carbocycles. The maximum atomic E-state index is 13.2. The van der Waals surface area contributed by atoms with Gasteiger partial charge in [0.1, 0.15) is 17.4 Å². The molecule has 0 spiro atoms. The molecule has 0 radical (unpaired) electrons. The minimum Gasteiger partial charge on any atom is -0.495 e. The molecule has 0 aliphatic heterocycles. The van der Waals surface area contributed by atoms with Crippen molar-refractivity contribution in [3.63, 3.8) is 0 Å². The highest BCUT2D eigenvalue weighted by atomic mass is 35.5. The molecule has 138 valence electrons. The standard InChI is InChI=1S/C18H16ClF2NO4/c1-9-4-15(16(25-3)8-14(9)19)22-17(23)10(2)26-18(24)11-5-12(20)7-13(21)6-11/h4-8,10H,1-3H3,(H,22,23)/t10-/m1/s1. The number of nitrogens with one attached hydrogen (secondary N) is 1. The Balaban J connectivity index is 2.10. The van der Waals surface area contributed by atoms with Gasteiger partial charge in [-0.05, 0) is 37.6 Å². The third-order valence-electron chi connectivity index (χ3n) is 3.49. The summed E-state index contributed by atoms with van der Waals surface area (Å²) in [6.45, 7) is 3.08. The van der Waals surface area contributed by atoms with Crippen molar-refractivity contribution in [2.75, 3.05) is 12.4 Å². The smallest absolute Gasteiger partial charge is 0.339 e. The molecule has 0 aromatic heterocycles. The highest BCUT2D eigenvalue weighted by Gasteiger charge is 2.21. The third kappa shape index (κ3) is 4.70. The lowest BCUT2D eigenvalue weighted by molar-refractivity contribution is -0.123. The number of amides is 1. The van der Waals surface area contributed by atoms with Gasteiger partial charge < -0.3 is 14.8 Å². The van der Waals surface area contributed by atoms with Crippen LogP contribution in [0.3, 0.4) is 0 Å². The fourth-order valence-corrected chi connectivity index (χ4v) is 2.27. The van der Waals surface area contributed by atoms with Crippen molar-refractivity contribution in [3.8, 4) is 5.75 Å². The van der Waals surface area contributed by atoms with Crippen LogP contribution in [-0.2, 0) is 9.53 Å². The van der Waals surface area contributed by atoms with Crippen molar-refractivity contribution in [2.24, 2.45) is 0 Å². The van der Waals surface area contributed by atoms with Crippen LogP contribution in [0.4, 0.5) is 14.5 Å². The average molecular weight is 384 g/mol. The van der Waals surface area contributed by atoms with E-state index in [-0.39, 0.29) is 5.56 Å². The van der Waals surface area contributed by atoms with Crippen LogP contribution in [0, 0.1) is 18.6 Å². The molecule has 1 amide bonds. The van der Waals surface area contributed by atoms with Gasteiger partial charge in [-0.15, -0.1) is 0 Å². The molecule has 0 unspecified atom stereocenters. The van der Waals surface area contributed by atoms with E-state index in [2.05, 4.69) is 5.32 Å². The number of aryl methyl sites for hydroxylation is 1. The molecule has 0 aliphatic rings. The van der Waals surface area contributed by atoms with E-state index in [4.69, 9.17) is 21.1 Å². The Hall–Kier alpha value is -2.67. The molecular formula is C18H16ClF2NO4. The van der Waals surface area contributed by atoms with Crippen LogP contribution in [0.1, 0.15) is 22.8 Å². The number of rotatable bonds is 5. The molecule has 8 heteroatoms. The molecule has 0 bridgehead atoms. The quantitative estimate of drug-likeness (QED) is 0.789. The van der Waals surface area contributed by atoms with E-state index in [1.807, 2.05) is 0 Å². The van der Waals surface area contributed by atoms with Crippen molar-refractivity contribution in [3.05, 3.63) is 58.1 Å². The second-order valence-corrected chi connectivity index (χ2v) is 5.90. The van der Waals surface area contributed by atoms with Gasteiger partial charge >= 0.3 is 5.97 Å². The summed E-state index contributed by atoms with van der Waals surface area (Å²) in [6.07, 6.45) is -1.21. The number of halogens is 3. The van der Waals surface area contributed by atoms with E-state index in [0.29, 0.717) is 28.1 Å². The Morgan fingerprint density at radius 2 is 1.73 bits per heavy atom. The molecule has 0 heterocycles. The van der Waals surface area contributed by atoms with Gasteiger partial charge in [0, 0.05) is 17.2 Å². The normalized spacial score (nSPS) is 11.6. The van der Waals surface area contributed by atoms with Crippen LogP contribution in [0.15, 0.2) is 30.3 Å². The minimum atomic E-state index is -1.21. The maximum absolute atomic E-state index is 13.2. The number of carbonyl (C=O) groups is 2. The van der Waals surface area contributed by atoms with Crippen LogP contribution in [0.5, 0.6) is 5.75 Å². The molecule has 1 N–H and O–H groups in total. The zero-order chi connectivity index (χ0) is 19.4. The molecule has 26 heavy (non-hydrogen) atoms. The number of anilines is 1. The lowest BCUT2D eigenvalue weighted by atomic mass is 10.2. The topological polar surface area (TPSA) is 64.6 Å². The van der Waals surface area contributed by atoms with Crippen molar-refractivity contribution in [1.29, 1.82) is 0 Å². The summed E-state index contributed by atoms with van der Waals surface area (Å²) in [5.74, 6) is -3.17. The van der Waals surface area contributed by atoms with Gasteiger partial charge in [0.25, 0.3) is 5.91 Å². The molecule has 0 saturated carbocycles. The molecule has 2 rings (SSSR count). The Kier molecular flexibility index (Phi) is 6.15. The molecule has 0 saturated heterocycles. The number of benzene rings is 2.